The number of fused-ring (bicyclic) bond motifs is 9. The highest BCUT2D eigenvalue weighted by atomic mass is 32.1. The molecule has 4 heterocycles. The Balaban J connectivity index is 1.14. The first kappa shape index (κ1) is 67.5. The van der Waals surface area contributed by atoms with E-state index in [1.807, 2.05) is 34.1 Å². The summed E-state index contributed by atoms with van der Waals surface area (Å²) in [6, 6.07) is 38.2. The van der Waals surface area contributed by atoms with E-state index >= 15 is 9.59 Å². The quantitative estimate of drug-likeness (QED) is 0.0279. The lowest BCUT2D eigenvalue weighted by Crippen LogP contribution is -2.34. The summed E-state index contributed by atoms with van der Waals surface area (Å²) >= 11 is 3.14. The maximum atomic E-state index is 16.7. The molecule has 4 aromatic carbocycles. The third-order valence-corrected chi connectivity index (χ3v) is 22.5. The van der Waals surface area contributed by atoms with E-state index in [-0.39, 0.29) is 34.8 Å². The standard InChI is InChI=1S/C82H96N6O2S2/c1-5-9-13-17-21-23-27-31-39-57(37-29-25-19-15-11-7-3)55-87-77(71-49-69-73(63(51-83)52-84)65-45-59-41-33-35-43-61(59)47-67(65)79(69)91-71)75-76(81(87)89)78(88(82(75)90)56-58(38-30-26-20-16-12-8-4)40-32-28-24-22-18-14-10-6-2)72-50-70-74(64(53-85)54-86)66-46-60-42-34-36-44-62(60)48-68(66)80(70)92-72/h33-36,41-50,57-58H,5-32,37-40,55-56H2,1-4H3. The second kappa shape index (κ2) is 33.5. The van der Waals surface area contributed by atoms with Gasteiger partial charge in [0.1, 0.15) is 35.4 Å². The smallest absolute Gasteiger partial charge is 0.261 e. The SMILES string of the molecule is CCCCCCCCCCC(CCCCCCCC)CN1C(=O)C2=C(c3cc4c(s3)-c3cc5ccccc5cc3C4=C(C#N)C#N)N(CC(CCCCCCCC)CCCCCCCCCC)C(=O)C2=C1c1cc2c(s1)-c1cc3ccccc3cc1C2=C(C#N)C#N. The Hall–Kier alpha value is -7.34. The van der Waals surface area contributed by atoms with Crippen molar-refractivity contribution >= 4 is 78.6 Å². The first-order chi connectivity index (χ1) is 45.2. The number of carbonyl (C=O) groups excluding carboxylic acids is 2. The molecule has 0 saturated heterocycles. The van der Waals surface area contributed by atoms with E-state index in [0.717, 1.165) is 151 Å². The van der Waals surface area contributed by atoms with Crippen LogP contribution in [0.3, 0.4) is 0 Å². The number of unbranched alkanes of at least 4 members (excludes halogenated alkanes) is 24. The summed E-state index contributed by atoms with van der Waals surface area (Å²) in [5, 5.41) is 46.9. The highest BCUT2D eigenvalue weighted by molar-refractivity contribution is 7.17. The van der Waals surface area contributed by atoms with Crippen molar-refractivity contribution in [1.82, 2.24) is 9.80 Å². The second-order valence-corrected chi connectivity index (χ2v) is 28.9. The molecule has 0 bridgehead atoms. The van der Waals surface area contributed by atoms with E-state index in [1.54, 1.807) is 22.7 Å². The minimum absolute atomic E-state index is 0.0366. The number of hydrogen-bond donors (Lipinski definition) is 0. The molecule has 0 N–H and O–H groups in total. The number of hydrogen-bond acceptors (Lipinski definition) is 8. The minimum Gasteiger partial charge on any atom is -0.306 e. The molecular weight excluding hydrogens is 1170 g/mol. The fourth-order valence-corrected chi connectivity index (χ4v) is 17.7. The predicted octanol–water partition coefficient (Wildman–Crippen LogP) is 23.4. The lowest BCUT2D eigenvalue weighted by Gasteiger charge is -2.29. The Morgan fingerprint density at radius 1 is 0.370 bits per heavy atom. The molecule has 2 aliphatic carbocycles. The zero-order valence-electron chi connectivity index (χ0n) is 55.6. The molecule has 6 aromatic rings. The van der Waals surface area contributed by atoms with Gasteiger partial charge in [-0.3, -0.25) is 9.59 Å². The summed E-state index contributed by atoms with van der Waals surface area (Å²) in [5.74, 6) is 0.0787. The Morgan fingerprint density at radius 3 is 0.924 bits per heavy atom. The molecule has 2 aromatic heterocycles. The summed E-state index contributed by atoms with van der Waals surface area (Å²) in [7, 11) is 0. The van der Waals surface area contributed by atoms with Gasteiger partial charge >= 0.3 is 0 Å². The zero-order chi connectivity index (χ0) is 64.3. The molecule has 0 saturated carbocycles. The highest BCUT2D eigenvalue weighted by Crippen LogP contribution is 2.58. The number of rotatable bonds is 38. The second-order valence-electron chi connectivity index (χ2n) is 26.8. The fraction of sp³-hybridized carbons (Fsp3) is 0.488. The molecule has 10 rings (SSSR count). The summed E-state index contributed by atoms with van der Waals surface area (Å²) in [6.07, 6.45) is 37.7. The van der Waals surface area contributed by atoms with Gasteiger partial charge in [0, 0.05) is 56.2 Å². The average molecular weight is 1260 g/mol. The number of benzene rings is 4. The molecule has 0 spiro atoms. The largest absolute Gasteiger partial charge is 0.306 e. The van der Waals surface area contributed by atoms with Crippen LogP contribution in [0.15, 0.2) is 107 Å². The van der Waals surface area contributed by atoms with Crippen LogP contribution in [0.1, 0.15) is 265 Å². The molecule has 478 valence electrons. The van der Waals surface area contributed by atoms with Crippen molar-refractivity contribution in [2.75, 3.05) is 13.1 Å². The van der Waals surface area contributed by atoms with Crippen LogP contribution in [0.4, 0.5) is 0 Å². The van der Waals surface area contributed by atoms with Crippen LogP contribution in [0.2, 0.25) is 0 Å². The summed E-state index contributed by atoms with van der Waals surface area (Å²) in [4.78, 5) is 40.8. The Labute approximate surface area is 558 Å². The third-order valence-electron chi connectivity index (χ3n) is 20.1. The van der Waals surface area contributed by atoms with Gasteiger partial charge < -0.3 is 9.80 Å². The van der Waals surface area contributed by atoms with Gasteiger partial charge in [-0.1, -0.05) is 256 Å². The molecule has 2 atom stereocenters. The first-order valence-corrected chi connectivity index (χ1v) is 37.4. The molecule has 92 heavy (non-hydrogen) atoms. The molecule has 10 heteroatoms. The number of amides is 2. The van der Waals surface area contributed by atoms with E-state index in [2.05, 4.69) is 113 Å². The van der Waals surface area contributed by atoms with Crippen LogP contribution in [0.5, 0.6) is 0 Å². The molecule has 2 amide bonds. The van der Waals surface area contributed by atoms with E-state index < -0.39 is 0 Å². The van der Waals surface area contributed by atoms with Crippen molar-refractivity contribution in [3.8, 4) is 45.2 Å². The van der Waals surface area contributed by atoms with Gasteiger partial charge in [0.25, 0.3) is 11.8 Å². The van der Waals surface area contributed by atoms with Gasteiger partial charge in [-0.15, -0.1) is 22.7 Å². The highest BCUT2D eigenvalue weighted by Gasteiger charge is 2.51. The predicted molar refractivity (Wildman–Crippen MR) is 384 cm³/mol. The van der Waals surface area contributed by atoms with E-state index in [1.165, 1.54) is 128 Å². The van der Waals surface area contributed by atoms with Gasteiger partial charge in [0.05, 0.1) is 32.3 Å². The number of carbonyl (C=O) groups is 2. The molecule has 2 unspecified atom stereocenters. The van der Waals surface area contributed by atoms with Gasteiger partial charge in [0.15, 0.2) is 0 Å². The maximum Gasteiger partial charge on any atom is 0.261 e. The number of nitrogens with zero attached hydrogens (tertiary/aromatic N) is 6. The summed E-state index contributed by atoms with van der Waals surface area (Å²) in [5.41, 5.74) is 8.58. The van der Waals surface area contributed by atoms with E-state index in [9.17, 15) is 21.0 Å². The third kappa shape index (κ3) is 15.2. The van der Waals surface area contributed by atoms with Crippen LogP contribution in [0.25, 0.3) is 65.0 Å². The van der Waals surface area contributed by atoms with Crippen molar-refractivity contribution in [3.63, 3.8) is 0 Å². The average Bonchev–Trinajstić information content (AvgIpc) is 1.55. The van der Waals surface area contributed by atoms with Crippen LogP contribution >= 0.6 is 22.7 Å². The van der Waals surface area contributed by atoms with Crippen molar-refractivity contribution in [2.45, 2.75) is 233 Å². The lowest BCUT2D eigenvalue weighted by atomic mass is 9.93. The molecule has 4 aliphatic rings. The van der Waals surface area contributed by atoms with E-state index in [0.29, 0.717) is 46.8 Å². The minimum atomic E-state index is -0.156. The van der Waals surface area contributed by atoms with Crippen LogP contribution in [-0.2, 0) is 9.59 Å². The van der Waals surface area contributed by atoms with Crippen LogP contribution < -0.4 is 0 Å². The lowest BCUT2D eigenvalue weighted by molar-refractivity contribution is -0.124. The maximum absolute atomic E-state index is 16.7. The Kier molecular flexibility index (Phi) is 24.6. The van der Waals surface area contributed by atoms with Crippen molar-refractivity contribution in [2.24, 2.45) is 11.8 Å². The van der Waals surface area contributed by atoms with Gasteiger partial charge in [0.2, 0.25) is 0 Å². The Morgan fingerprint density at radius 2 is 0.641 bits per heavy atom. The van der Waals surface area contributed by atoms with E-state index in [4.69, 9.17) is 0 Å². The van der Waals surface area contributed by atoms with Crippen molar-refractivity contribution in [1.29, 1.82) is 21.0 Å². The molecule has 8 nitrogen and oxygen atoms in total. The van der Waals surface area contributed by atoms with Gasteiger partial charge in [-0.25, -0.2) is 0 Å². The summed E-state index contributed by atoms with van der Waals surface area (Å²) in [6.45, 7) is 10.0. The van der Waals surface area contributed by atoms with Crippen molar-refractivity contribution in [3.05, 3.63) is 139 Å². The topological polar surface area (TPSA) is 136 Å². The van der Waals surface area contributed by atoms with Crippen LogP contribution in [-0.4, -0.2) is 34.7 Å². The Bertz CT molecular complexity index is 3640. The normalized spacial score (nSPS) is 14.4. The molecule has 0 radical (unpaired) electrons. The zero-order valence-corrected chi connectivity index (χ0v) is 57.2. The number of nitriles is 4. The first-order valence-electron chi connectivity index (χ1n) is 35.8. The number of allylic oxidation sites excluding steroid dienone is 2. The molecule has 0 fully saturated rings. The fourth-order valence-electron chi connectivity index (χ4n) is 15.1. The monoisotopic (exact) mass is 1260 g/mol. The summed E-state index contributed by atoms with van der Waals surface area (Å²) < 4.78 is 0. The van der Waals surface area contributed by atoms with Gasteiger partial charge in [-0.05, 0) is 107 Å². The molecule has 2 aliphatic heterocycles. The van der Waals surface area contributed by atoms with Crippen LogP contribution in [0, 0.1) is 57.2 Å². The molecular formula is C82H96N6O2S2. The van der Waals surface area contributed by atoms with Crippen molar-refractivity contribution < 1.29 is 9.59 Å². The number of thiophene rings is 2. The van der Waals surface area contributed by atoms with Gasteiger partial charge in [-0.2, -0.15) is 21.0 Å².